The first-order valence-corrected chi connectivity index (χ1v) is 13.0. The summed E-state index contributed by atoms with van der Waals surface area (Å²) in [4.78, 5) is 33.5. The molecule has 1 saturated heterocycles. The van der Waals surface area contributed by atoms with Crippen LogP contribution in [0.5, 0.6) is 5.75 Å². The van der Waals surface area contributed by atoms with E-state index in [1.165, 1.54) is 24.3 Å². The normalized spacial score (nSPS) is 15.4. The van der Waals surface area contributed by atoms with Crippen molar-refractivity contribution >= 4 is 34.2 Å². The van der Waals surface area contributed by atoms with Crippen LogP contribution in [-0.4, -0.2) is 61.5 Å². The standard InChI is InChI=1S/C28H26ClF2N7O2/c1-3-23(40)38-11-10-37(15-16(38)2)28-17-12-18(29)24(25-19(30)6-4-7-20(25)39)26(31)27(17)35-22(36-28)14-32-13-21-33-8-5-9-34-21/h3-9,12,16,32,39H,1,10-11,13-15H2,2H3/t16-/m1/s1. The number of phenols is 1. The van der Waals surface area contributed by atoms with E-state index in [1.807, 2.05) is 11.8 Å². The summed E-state index contributed by atoms with van der Waals surface area (Å²) in [5, 5.41) is 13.7. The van der Waals surface area contributed by atoms with Gasteiger partial charge in [0.25, 0.3) is 0 Å². The first-order chi connectivity index (χ1) is 19.3. The summed E-state index contributed by atoms with van der Waals surface area (Å²) >= 11 is 6.52. The van der Waals surface area contributed by atoms with E-state index in [4.69, 9.17) is 16.6 Å². The molecular weight excluding hydrogens is 540 g/mol. The number of benzene rings is 2. The number of carbonyl (C=O) groups is 1. The number of amides is 1. The average Bonchev–Trinajstić information content (AvgIpc) is 2.94. The summed E-state index contributed by atoms with van der Waals surface area (Å²) in [7, 11) is 0. The molecule has 9 nitrogen and oxygen atoms in total. The maximum atomic E-state index is 16.2. The largest absolute Gasteiger partial charge is 0.507 e. The van der Waals surface area contributed by atoms with Crippen LogP contribution in [0.2, 0.25) is 5.02 Å². The Bertz CT molecular complexity index is 1570. The second-order valence-electron chi connectivity index (χ2n) is 9.34. The van der Waals surface area contributed by atoms with Gasteiger partial charge >= 0.3 is 0 Å². The lowest BCUT2D eigenvalue weighted by atomic mass is 10.0. The molecule has 0 aliphatic carbocycles. The molecule has 4 aromatic rings. The van der Waals surface area contributed by atoms with E-state index in [0.717, 1.165) is 6.07 Å². The van der Waals surface area contributed by atoms with Gasteiger partial charge in [0, 0.05) is 49.0 Å². The van der Waals surface area contributed by atoms with Crippen molar-refractivity contribution in [3.8, 4) is 16.9 Å². The van der Waals surface area contributed by atoms with E-state index >= 15 is 4.39 Å². The Labute approximate surface area is 234 Å². The summed E-state index contributed by atoms with van der Waals surface area (Å²) in [6, 6.07) is 6.72. The van der Waals surface area contributed by atoms with E-state index in [-0.39, 0.29) is 46.0 Å². The molecule has 5 rings (SSSR count). The number of hydrogen-bond acceptors (Lipinski definition) is 8. The Hall–Kier alpha value is -4.22. The van der Waals surface area contributed by atoms with Gasteiger partial charge in [0.05, 0.1) is 23.7 Å². The molecule has 1 aliphatic rings. The zero-order valence-electron chi connectivity index (χ0n) is 21.6. The van der Waals surface area contributed by atoms with Crippen LogP contribution in [0.15, 0.2) is 55.4 Å². The number of aromatic nitrogens is 4. The van der Waals surface area contributed by atoms with Crippen molar-refractivity contribution in [1.29, 1.82) is 0 Å². The van der Waals surface area contributed by atoms with Crippen molar-refractivity contribution in [2.24, 2.45) is 0 Å². The zero-order chi connectivity index (χ0) is 28.4. The van der Waals surface area contributed by atoms with E-state index in [1.54, 1.807) is 23.4 Å². The average molecular weight is 566 g/mol. The Morgan fingerprint density at radius 2 is 1.90 bits per heavy atom. The number of aromatic hydroxyl groups is 1. The number of nitrogens with one attached hydrogen (secondary N) is 1. The first-order valence-electron chi connectivity index (χ1n) is 12.6. The van der Waals surface area contributed by atoms with Gasteiger partial charge in [-0.1, -0.05) is 24.2 Å². The fourth-order valence-electron chi connectivity index (χ4n) is 4.84. The van der Waals surface area contributed by atoms with E-state index < -0.39 is 17.4 Å². The van der Waals surface area contributed by atoms with Crippen molar-refractivity contribution in [2.75, 3.05) is 24.5 Å². The van der Waals surface area contributed by atoms with Gasteiger partial charge in [0.2, 0.25) is 5.91 Å². The summed E-state index contributed by atoms with van der Waals surface area (Å²) in [6.45, 7) is 7.23. The van der Waals surface area contributed by atoms with Gasteiger partial charge in [0.15, 0.2) is 5.82 Å². The van der Waals surface area contributed by atoms with Crippen LogP contribution >= 0.6 is 11.6 Å². The molecule has 1 fully saturated rings. The maximum absolute atomic E-state index is 16.2. The quantitative estimate of drug-likeness (QED) is 0.321. The third-order valence-corrected chi connectivity index (χ3v) is 7.02. The number of fused-ring (bicyclic) bond motifs is 1. The topological polar surface area (TPSA) is 107 Å². The summed E-state index contributed by atoms with van der Waals surface area (Å²) < 4.78 is 31.0. The zero-order valence-corrected chi connectivity index (χ0v) is 22.4. The number of rotatable bonds is 7. The van der Waals surface area contributed by atoms with Gasteiger partial charge in [-0.2, -0.15) is 0 Å². The Balaban J connectivity index is 1.59. The van der Waals surface area contributed by atoms with Crippen molar-refractivity contribution in [3.05, 3.63) is 83.7 Å². The van der Waals surface area contributed by atoms with Crippen LogP contribution in [0.25, 0.3) is 22.0 Å². The lowest BCUT2D eigenvalue weighted by molar-refractivity contribution is -0.128. The van der Waals surface area contributed by atoms with Crippen LogP contribution in [-0.2, 0) is 17.9 Å². The lowest BCUT2D eigenvalue weighted by Crippen LogP contribution is -2.54. The first kappa shape index (κ1) is 27.4. The van der Waals surface area contributed by atoms with Crippen LogP contribution in [0.4, 0.5) is 14.6 Å². The van der Waals surface area contributed by atoms with E-state index in [2.05, 4.69) is 26.8 Å². The fraction of sp³-hybridized carbons (Fsp3) is 0.250. The molecule has 0 radical (unpaired) electrons. The van der Waals surface area contributed by atoms with Crippen molar-refractivity contribution < 1.29 is 18.7 Å². The number of piperazine rings is 1. The lowest BCUT2D eigenvalue weighted by Gasteiger charge is -2.40. The molecule has 12 heteroatoms. The van der Waals surface area contributed by atoms with Gasteiger partial charge in [-0.25, -0.2) is 28.7 Å². The minimum Gasteiger partial charge on any atom is -0.507 e. The number of halogens is 3. The number of phenolic OH excluding ortho intramolecular Hbond substituents is 1. The van der Waals surface area contributed by atoms with Gasteiger partial charge < -0.3 is 20.2 Å². The molecule has 1 amide bonds. The van der Waals surface area contributed by atoms with Gasteiger partial charge in [-0.3, -0.25) is 4.79 Å². The predicted octanol–water partition coefficient (Wildman–Crippen LogP) is 4.24. The molecule has 0 bridgehead atoms. The molecule has 1 aliphatic heterocycles. The molecule has 2 aromatic carbocycles. The molecule has 0 spiro atoms. The molecular formula is C28H26ClF2N7O2. The summed E-state index contributed by atoms with van der Waals surface area (Å²) in [6.07, 6.45) is 4.54. The molecule has 1 atom stereocenters. The number of carbonyl (C=O) groups excluding carboxylic acids is 1. The van der Waals surface area contributed by atoms with Crippen molar-refractivity contribution in [2.45, 2.75) is 26.1 Å². The van der Waals surface area contributed by atoms with Crippen LogP contribution in [0, 0.1) is 11.6 Å². The van der Waals surface area contributed by atoms with Gasteiger partial charge in [0.1, 0.15) is 34.6 Å². The Kier molecular flexibility index (Phi) is 7.85. The molecule has 0 unspecified atom stereocenters. The maximum Gasteiger partial charge on any atom is 0.246 e. The third-order valence-electron chi connectivity index (χ3n) is 6.72. The smallest absolute Gasteiger partial charge is 0.246 e. The van der Waals surface area contributed by atoms with Crippen molar-refractivity contribution in [3.63, 3.8) is 0 Å². The number of anilines is 1. The van der Waals surface area contributed by atoms with Gasteiger partial charge in [-0.15, -0.1) is 0 Å². The highest BCUT2D eigenvalue weighted by molar-refractivity contribution is 6.34. The highest BCUT2D eigenvalue weighted by Gasteiger charge is 2.30. The highest BCUT2D eigenvalue weighted by atomic mass is 35.5. The molecule has 40 heavy (non-hydrogen) atoms. The van der Waals surface area contributed by atoms with Crippen molar-refractivity contribution in [1.82, 2.24) is 30.2 Å². The molecule has 206 valence electrons. The summed E-state index contributed by atoms with van der Waals surface area (Å²) in [5.41, 5.74) is -0.712. The molecule has 3 heterocycles. The monoisotopic (exact) mass is 565 g/mol. The minimum absolute atomic E-state index is 0.0722. The minimum atomic E-state index is -0.882. The molecule has 0 saturated carbocycles. The third kappa shape index (κ3) is 5.30. The molecule has 2 aromatic heterocycles. The SMILES string of the molecule is C=CC(=O)N1CCN(c2nc(CNCc3ncccn3)nc3c(F)c(-c4c(O)cccc4F)c(Cl)cc23)C[C@H]1C. The number of nitrogens with zero attached hydrogens (tertiary/aromatic N) is 6. The fourth-order valence-corrected chi connectivity index (χ4v) is 5.12. The Morgan fingerprint density at radius 3 is 2.60 bits per heavy atom. The Morgan fingerprint density at radius 1 is 1.15 bits per heavy atom. The van der Waals surface area contributed by atoms with E-state index in [0.29, 0.717) is 43.2 Å². The highest BCUT2D eigenvalue weighted by Crippen LogP contribution is 2.42. The van der Waals surface area contributed by atoms with Crippen LogP contribution < -0.4 is 10.2 Å². The second kappa shape index (κ2) is 11.5. The second-order valence-corrected chi connectivity index (χ2v) is 9.75. The predicted molar refractivity (Wildman–Crippen MR) is 148 cm³/mol. The molecule has 2 N–H and O–H groups in total. The van der Waals surface area contributed by atoms with E-state index in [9.17, 15) is 14.3 Å². The van der Waals surface area contributed by atoms with Crippen LogP contribution in [0.3, 0.4) is 0 Å². The van der Waals surface area contributed by atoms with Crippen LogP contribution in [0.1, 0.15) is 18.6 Å². The summed E-state index contributed by atoms with van der Waals surface area (Å²) in [5.74, 6) is -1.05. The number of hydrogen-bond donors (Lipinski definition) is 2. The van der Waals surface area contributed by atoms with Gasteiger partial charge in [-0.05, 0) is 37.3 Å².